The zero-order valence-electron chi connectivity index (χ0n) is 22.6. The number of hydroxylamine groups is 1. The van der Waals surface area contributed by atoms with Crippen molar-refractivity contribution in [3.05, 3.63) is 72.3 Å². The molecule has 5 heterocycles. The van der Waals surface area contributed by atoms with Crippen molar-refractivity contribution < 1.29 is 23.1 Å². The summed E-state index contributed by atoms with van der Waals surface area (Å²) in [6, 6.07) is 10.1. The van der Waals surface area contributed by atoms with Gasteiger partial charge in [-0.3, -0.25) is 9.52 Å². The molecule has 10 nitrogen and oxygen atoms in total. The molecule has 212 valence electrons. The first-order valence-corrected chi connectivity index (χ1v) is 13.5. The number of halogens is 2. The number of nitrogens with one attached hydrogen (secondary N) is 1. The van der Waals surface area contributed by atoms with E-state index in [-0.39, 0.29) is 5.56 Å². The number of ether oxygens (including phenoxy) is 2. The minimum Gasteiger partial charge on any atom is -0.494 e. The quantitative estimate of drug-likeness (QED) is 0.343. The van der Waals surface area contributed by atoms with Crippen LogP contribution in [0.5, 0.6) is 5.75 Å². The van der Waals surface area contributed by atoms with E-state index in [9.17, 15) is 8.78 Å². The Balaban J connectivity index is 1.23. The van der Waals surface area contributed by atoms with Gasteiger partial charge in [-0.25, -0.2) is 23.8 Å². The molecule has 41 heavy (non-hydrogen) atoms. The summed E-state index contributed by atoms with van der Waals surface area (Å²) < 4.78 is 41.9. The summed E-state index contributed by atoms with van der Waals surface area (Å²) >= 11 is 0. The van der Waals surface area contributed by atoms with Crippen molar-refractivity contribution in [2.75, 3.05) is 42.2 Å². The third-order valence-electron chi connectivity index (χ3n) is 7.95. The number of anilines is 4. The molecule has 2 unspecified atom stereocenters. The summed E-state index contributed by atoms with van der Waals surface area (Å²) in [7, 11) is 3.53. The summed E-state index contributed by atoms with van der Waals surface area (Å²) in [5.74, 6) is -0.220. The Hall–Kier alpha value is -4.29. The molecule has 7 rings (SSSR count). The van der Waals surface area contributed by atoms with Crippen LogP contribution in [-0.4, -0.2) is 58.8 Å². The lowest BCUT2D eigenvalue weighted by molar-refractivity contribution is 0.0104. The monoisotopic (exact) mass is 561 g/mol. The van der Waals surface area contributed by atoms with Gasteiger partial charge in [-0.15, -0.1) is 0 Å². The Kier molecular flexibility index (Phi) is 6.43. The van der Waals surface area contributed by atoms with E-state index in [1.54, 1.807) is 23.9 Å². The molecule has 2 bridgehead atoms. The van der Waals surface area contributed by atoms with Gasteiger partial charge >= 0.3 is 0 Å². The van der Waals surface area contributed by atoms with Crippen LogP contribution < -0.4 is 20.0 Å². The van der Waals surface area contributed by atoms with Crippen molar-refractivity contribution in [2.24, 2.45) is 7.05 Å². The fourth-order valence-corrected chi connectivity index (χ4v) is 6.00. The maximum absolute atomic E-state index is 14.6. The second kappa shape index (κ2) is 10.3. The van der Waals surface area contributed by atoms with E-state index in [1.807, 2.05) is 31.6 Å². The topological polar surface area (TPSA) is 89.8 Å². The molecule has 0 aliphatic carbocycles. The van der Waals surface area contributed by atoms with Gasteiger partial charge in [-0.1, -0.05) is 12.1 Å². The average Bonchev–Trinajstić information content (AvgIpc) is 3.65. The lowest BCUT2D eigenvalue weighted by atomic mass is 9.88. The van der Waals surface area contributed by atoms with E-state index >= 15 is 0 Å². The fraction of sp³-hybridized carbons (Fsp3) is 0.345. The van der Waals surface area contributed by atoms with Gasteiger partial charge in [0.25, 0.3) is 0 Å². The normalized spacial score (nSPS) is 21.6. The smallest absolute Gasteiger partial charge is 0.164 e. The zero-order valence-corrected chi connectivity index (χ0v) is 22.6. The first-order valence-electron chi connectivity index (χ1n) is 13.5. The largest absolute Gasteiger partial charge is 0.494 e. The summed E-state index contributed by atoms with van der Waals surface area (Å²) in [6.45, 7) is 1.75. The molecule has 1 N–H and O–H groups in total. The Morgan fingerprint density at radius 3 is 2.71 bits per heavy atom. The van der Waals surface area contributed by atoms with Crippen LogP contribution in [0.1, 0.15) is 24.4 Å². The van der Waals surface area contributed by atoms with Crippen LogP contribution in [0, 0.1) is 11.6 Å². The van der Waals surface area contributed by atoms with Crippen molar-refractivity contribution in [3.63, 3.8) is 0 Å². The maximum Gasteiger partial charge on any atom is 0.164 e. The van der Waals surface area contributed by atoms with Crippen molar-refractivity contribution >= 4 is 23.0 Å². The number of aromatic nitrogens is 4. The number of methoxy groups -OCH3 is 1. The lowest BCUT2D eigenvalue weighted by Crippen LogP contribution is -2.64. The van der Waals surface area contributed by atoms with E-state index in [4.69, 9.17) is 14.3 Å². The first kappa shape index (κ1) is 25.7. The molecule has 3 saturated heterocycles. The second-order valence-electron chi connectivity index (χ2n) is 10.5. The molecule has 0 radical (unpaired) electrons. The molecule has 4 aromatic rings. The molecule has 2 aromatic heterocycles. The van der Waals surface area contributed by atoms with Crippen molar-refractivity contribution in [1.82, 2.24) is 19.7 Å². The summed E-state index contributed by atoms with van der Waals surface area (Å²) in [5.41, 5.74) is 3.98. The van der Waals surface area contributed by atoms with E-state index in [1.165, 1.54) is 17.5 Å². The van der Waals surface area contributed by atoms with Crippen molar-refractivity contribution in [1.29, 1.82) is 0 Å². The van der Waals surface area contributed by atoms with Gasteiger partial charge in [0.2, 0.25) is 0 Å². The predicted molar refractivity (Wildman–Crippen MR) is 148 cm³/mol. The number of fused-ring (bicyclic) bond motifs is 2. The Morgan fingerprint density at radius 1 is 1.10 bits per heavy atom. The summed E-state index contributed by atoms with van der Waals surface area (Å²) in [6.07, 6.45) is 6.83. The highest BCUT2D eigenvalue weighted by molar-refractivity contribution is 5.86. The van der Waals surface area contributed by atoms with E-state index in [0.29, 0.717) is 61.4 Å². The summed E-state index contributed by atoms with van der Waals surface area (Å²) in [4.78, 5) is 17.0. The molecule has 0 saturated carbocycles. The minimum atomic E-state index is -0.895. The van der Waals surface area contributed by atoms with E-state index in [0.717, 1.165) is 29.3 Å². The number of benzene rings is 2. The molecule has 12 heteroatoms. The fourth-order valence-electron chi connectivity index (χ4n) is 6.00. The van der Waals surface area contributed by atoms with Gasteiger partial charge < -0.3 is 19.7 Å². The molecule has 3 atom stereocenters. The number of morpholine rings is 1. The highest BCUT2D eigenvalue weighted by Crippen LogP contribution is 2.46. The van der Waals surface area contributed by atoms with Crippen LogP contribution in [0.15, 0.2) is 55.1 Å². The van der Waals surface area contributed by atoms with Crippen LogP contribution in [0.3, 0.4) is 0 Å². The number of hydrogen-bond acceptors (Lipinski definition) is 9. The lowest BCUT2D eigenvalue weighted by Gasteiger charge is -2.54. The Labute approximate surface area is 235 Å². The molecule has 3 fully saturated rings. The van der Waals surface area contributed by atoms with Crippen molar-refractivity contribution in [3.8, 4) is 16.9 Å². The van der Waals surface area contributed by atoms with Gasteiger partial charge in [-0.05, 0) is 18.6 Å². The molecule has 0 amide bonds. The van der Waals surface area contributed by atoms with Crippen molar-refractivity contribution in [2.45, 2.75) is 31.0 Å². The minimum absolute atomic E-state index is 0.218. The van der Waals surface area contributed by atoms with Crippen LogP contribution >= 0.6 is 0 Å². The van der Waals surface area contributed by atoms with E-state index < -0.39 is 17.7 Å². The molecular weight excluding hydrogens is 532 g/mol. The maximum atomic E-state index is 14.6. The van der Waals surface area contributed by atoms with Gasteiger partial charge in [0, 0.05) is 54.2 Å². The van der Waals surface area contributed by atoms with Crippen LogP contribution in [0.25, 0.3) is 11.1 Å². The number of aryl methyl sites for hydroxylation is 1. The SMILES string of the molecule is COc1cc(N2C3COCC2C3)c(-c2cnn(C)c2)cc1Nc1cc(N2OCC[C@@H]2c2cccc(F)c2F)ncn1. The predicted octanol–water partition coefficient (Wildman–Crippen LogP) is 4.77. The third-order valence-corrected chi connectivity index (χ3v) is 7.95. The average molecular weight is 562 g/mol. The molecule has 2 aromatic carbocycles. The molecule has 3 aliphatic heterocycles. The highest BCUT2D eigenvalue weighted by Gasteiger charge is 2.43. The first-order chi connectivity index (χ1) is 20.0. The zero-order chi connectivity index (χ0) is 28.1. The van der Waals surface area contributed by atoms with Gasteiger partial charge in [0.15, 0.2) is 17.5 Å². The number of rotatable bonds is 7. The molecule has 3 aliphatic rings. The third kappa shape index (κ3) is 4.52. The van der Waals surface area contributed by atoms with Gasteiger partial charge in [0.05, 0.1) is 56.9 Å². The highest BCUT2D eigenvalue weighted by atomic mass is 19.2. The standard InChI is InChI=1S/C29H29F2N7O3/c1-36-13-17(12-34-36)21-9-23(26(39-2)10-25(21)37-18-8-19(37)15-40-14-18)35-27-11-28(33-16-32-27)38-24(6-7-41-38)20-4-3-5-22(30)29(20)31/h3-5,9-13,16,18-19,24H,6-8,14-15H2,1-2H3,(H,32,33,35)/t18?,19?,24-/m1/s1. The number of hydrogen-bond donors (Lipinski definition) is 1. The molecule has 0 spiro atoms. The van der Waals surface area contributed by atoms with Crippen LogP contribution in [0.2, 0.25) is 0 Å². The molecular formula is C29H29F2N7O3. The van der Waals surface area contributed by atoms with E-state index in [2.05, 4.69) is 25.3 Å². The van der Waals surface area contributed by atoms with Crippen LogP contribution in [0.4, 0.5) is 31.8 Å². The Bertz CT molecular complexity index is 1580. The summed E-state index contributed by atoms with van der Waals surface area (Å²) in [5, 5.41) is 9.28. The Morgan fingerprint density at radius 2 is 1.95 bits per heavy atom. The van der Waals surface area contributed by atoms with Gasteiger partial charge in [0.1, 0.15) is 17.9 Å². The van der Waals surface area contributed by atoms with Crippen LogP contribution in [-0.2, 0) is 16.6 Å². The number of nitrogens with zero attached hydrogens (tertiary/aromatic N) is 6. The second-order valence-corrected chi connectivity index (χ2v) is 10.5. The van der Waals surface area contributed by atoms with Gasteiger partial charge in [-0.2, -0.15) is 5.10 Å².